The summed E-state index contributed by atoms with van der Waals surface area (Å²) >= 11 is 0. The summed E-state index contributed by atoms with van der Waals surface area (Å²) < 4.78 is 14.0. The lowest BCUT2D eigenvalue weighted by Crippen LogP contribution is -2.32. The maximum atomic E-state index is 14.0. The molecule has 0 radical (unpaired) electrons. The Morgan fingerprint density at radius 3 is 2.48 bits per heavy atom. The van der Waals surface area contributed by atoms with Gasteiger partial charge in [0.25, 0.3) is 0 Å². The lowest BCUT2D eigenvalue weighted by Gasteiger charge is -2.22. The second-order valence-electron chi connectivity index (χ2n) is 4.95. The maximum Gasteiger partial charge on any atom is 0.337 e. The Labute approximate surface area is 130 Å². The average Bonchev–Trinajstić information content (AvgIpc) is 3.06. The Hall–Kier alpha value is -3.15. The largest absolute Gasteiger partial charge is 0.478 e. The van der Waals surface area contributed by atoms with Gasteiger partial charge in [0.1, 0.15) is 5.82 Å². The van der Waals surface area contributed by atoms with Gasteiger partial charge in [0.15, 0.2) is 5.54 Å². The van der Waals surface area contributed by atoms with Gasteiger partial charge in [-0.1, -0.05) is 12.1 Å². The third kappa shape index (κ3) is 2.44. The van der Waals surface area contributed by atoms with Crippen molar-refractivity contribution < 1.29 is 19.1 Å². The molecule has 2 heterocycles. The quantitative estimate of drug-likeness (QED) is 0.880. The number of carboxylic acid groups (broad SMARTS) is 1. The number of Topliss-reactive ketones (excluding diaryl/α,β-unsaturated/α-hetero) is 1. The highest BCUT2D eigenvalue weighted by Gasteiger charge is 2.41. The minimum absolute atomic E-state index is 0.00630. The van der Waals surface area contributed by atoms with Crippen LogP contribution in [0.15, 0.2) is 59.7 Å². The zero-order valence-electron chi connectivity index (χ0n) is 11.8. The van der Waals surface area contributed by atoms with Gasteiger partial charge in [-0.25, -0.2) is 9.18 Å². The number of hydrogen-bond acceptors (Lipinski definition) is 4. The Morgan fingerprint density at radius 2 is 1.91 bits per heavy atom. The predicted octanol–water partition coefficient (Wildman–Crippen LogP) is 2.64. The summed E-state index contributed by atoms with van der Waals surface area (Å²) in [6, 6.07) is 8.38. The molecule has 1 aromatic heterocycles. The average molecular weight is 310 g/mol. The van der Waals surface area contributed by atoms with Crippen molar-refractivity contribution in [3.05, 3.63) is 77.4 Å². The molecule has 0 bridgehead atoms. The number of benzene rings is 1. The van der Waals surface area contributed by atoms with Crippen molar-refractivity contribution in [2.24, 2.45) is 4.99 Å². The number of hydrogen-bond donors (Lipinski definition) is 1. The molecule has 114 valence electrons. The number of rotatable bonds is 4. The standard InChI is InChI=1S/C17H11FN2O3/c18-13-5-2-1-4-12(13)15(21)17(8-3-9-20-17)14-7-6-11(10-19-14)16(22)23/h1-10H,(H,22,23). The van der Waals surface area contributed by atoms with Gasteiger partial charge in [0.05, 0.1) is 16.8 Å². The summed E-state index contributed by atoms with van der Waals surface area (Å²) in [5.41, 5.74) is -1.34. The molecular weight excluding hydrogens is 299 g/mol. The fraction of sp³-hybridized carbons (Fsp3) is 0.0588. The Balaban J connectivity index is 2.09. The lowest BCUT2D eigenvalue weighted by atomic mass is 9.86. The molecule has 0 aliphatic carbocycles. The fourth-order valence-electron chi connectivity index (χ4n) is 2.38. The number of nitrogens with zero attached hydrogens (tertiary/aromatic N) is 2. The predicted molar refractivity (Wildman–Crippen MR) is 81.2 cm³/mol. The molecule has 0 spiro atoms. The van der Waals surface area contributed by atoms with Crippen molar-refractivity contribution in [1.29, 1.82) is 0 Å². The van der Waals surface area contributed by atoms with Crippen LogP contribution in [0.25, 0.3) is 0 Å². The van der Waals surface area contributed by atoms with E-state index >= 15 is 0 Å². The van der Waals surface area contributed by atoms with E-state index in [1.54, 1.807) is 12.1 Å². The second-order valence-corrected chi connectivity index (χ2v) is 4.95. The van der Waals surface area contributed by atoms with Crippen molar-refractivity contribution in [3.8, 4) is 0 Å². The van der Waals surface area contributed by atoms with Gasteiger partial charge < -0.3 is 5.11 Å². The van der Waals surface area contributed by atoms with Crippen LogP contribution in [-0.4, -0.2) is 28.1 Å². The fourth-order valence-corrected chi connectivity index (χ4v) is 2.38. The monoisotopic (exact) mass is 310 g/mol. The van der Waals surface area contributed by atoms with Gasteiger partial charge in [-0.05, 0) is 36.4 Å². The summed E-state index contributed by atoms with van der Waals surface area (Å²) in [5, 5.41) is 8.93. The summed E-state index contributed by atoms with van der Waals surface area (Å²) in [6.45, 7) is 0. The smallest absolute Gasteiger partial charge is 0.337 e. The van der Waals surface area contributed by atoms with Crippen LogP contribution in [0, 0.1) is 5.82 Å². The van der Waals surface area contributed by atoms with Crippen molar-refractivity contribution in [3.63, 3.8) is 0 Å². The van der Waals surface area contributed by atoms with Gasteiger partial charge in [0, 0.05) is 12.4 Å². The van der Waals surface area contributed by atoms with E-state index < -0.39 is 23.1 Å². The van der Waals surface area contributed by atoms with Crippen LogP contribution in [0.4, 0.5) is 4.39 Å². The highest BCUT2D eigenvalue weighted by molar-refractivity contribution is 6.07. The first kappa shape index (κ1) is 14.8. The van der Waals surface area contributed by atoms with Crippen molar-refractivity contribution in [2.45, 2.75) is 5.54 Å². The summed E-state index contributed by atoms with van der Waals surface area (Å²) in [6.07, 6.45) is 5.68. The van der Waals surface area contributed by atoms with Gasteiger partial charge in [-0.2, -0.15) is 0 Å². The van der Waals surface area contributed by atoms with E-state index in [1.807, 2.05) is 0 Å². The number of carboxylic acids is 1. The molecule has 1 aliphatic rings. The number of pyridine rings is 1. The first-order chi connectivity index (χ1) is 11.0. The van der Waals surface area contributed by atoms with E-state index in [0.717, 1.165) is 6.20 Å². The molecule has 1 aromatic carbocycles. The number of allylic oxidation sites excluding steroid dienone is 1. The number of halogens is 1. The third-order valence-corrected chi connectivity index (χ3v) is 3.57. The number of carbonyl (C=O) groups is 2. The van der Waals surface area contributed by atoms with E-state index in [0.29, 0.717) is 0 Å². The molecular formula is C17H11FN2O3. The minimum Gasteiger partial charge on any atom is -0.478 e. The van der Waals surface area contributed by atoms with Gasteiger partial charge >= 0.3 is 5.97 Å². The zero-order chi connectivity index (χ0) is 16.4. The SMILES string of the molecule is O=C(O)c1ccc(C2(C(=O)c3ccccc3F)C=CC=N2)nc1. The highest BCUT2D eigenvalue weighted by Crippen LogP contribution is 2.33. The van der Waals surface area contributed by atoms with Crippen LogP contribution in [0.1, 0.15) is 26.4 Å². The molecule has 0 saturated heterocycles. The van der Waals surface area contributed by atoms with Crippen LogP contribution < -0.4 is 0 Å². The van der Waals surface area contributed by atoms with Gasteiger partial charge in [-0.15, -0.1) is 0 Å². The highest BCUT2D eigenvalue weighted by atomic mass is 19.1. The van der Waals surface area contributed by atoms with E-state index in [4.69, 9.17) is 5.11 Å². The molecule has 6 heteroatoms. The first-order valence-corrected chi connectivity index (χ1v) is 6.77. The van der Waals surface area contributed by atoms with E-state index in [9.17, 15) is 14.0 Å². The molecule has 1 aliphatic heterocycles. The second kappa shape index (κ2) is 5.57. The number of aromatic carboxylic acids is 1. The molecule has 3 rings (SSSR count). The molecule has 1 unspecified atom stereocenters. The van der Waals surface area contributed by atoms with Crippen LogP contribution in [0.3, 0.4) is 0 Å². The van der Waals surface area contributed by atoms with Gasteiger partial charge in [-0.3, -0.25) is 14.8 Å². The molecule has 1 N–H and O–H groups in total. The number of aliphatic imine (C=N–C) groups is 1. The molecule has 0 fully saturated rings. The van der Waals surface area contributed by atoms with Crippen molar-refractivity contribution in [1.82, 2.24) is 4.98 Å². The Bertz CT molecular complexity index is 829. The van der Waals surface area contributed by atoms with E-state index in [2.05, 4.69) is 9.98 Å². The van der Waals surface area contributed by atoms with Crippen LogP contribution in [0.5, 0.6) is 0 Å². The summed E-state index contributed by atoms with van der Waals surface area (Å²) in [7, 11) is 0. The first-order valence-electron chi connectivity index (χ1n) is 6.77. The summed E-state index contributed by atoms with van der Waals surface area (Å²) in [4.78, 5) is 32.0. The molecule has 1 atom stereocenters. The van der Waals surface area contributed by atoms with E-state index in [-0.39, 0.29) is 16.8 Å². The Kier molecular flexibility index (Phi) is 3.57. The lowest BCUT2D eigenvalue weighted by molar-refractivity contribution is 0.0696. The van der Waals surface area contributed by atoms with Crippen LogP contribution >= 0.6 is 0 Å². The van der Waals surface area contributed by atoms with Crippen LogP contribution in [-0.2, 0) is 5.54 Å². The van der Waals surface area contributed by atoms with E-state index in [1.165, 1.54) is 42.6 Å². The summed E-state index contributed by atoms with van der Waals surface area (Å²) in [5.74, 6) is -2.32. The number of carbonyl (C=O) groups excluding carboxylic acids is 1. The number of ketones is 1. The van der Waals surface area contributed by atoms with Crippen molar-refractivity contribution in [2.75, 3.05) is 0 Å². The normalized spacial score (nSPS) is 19.0. The Morgan fingerprint density at radius 1 is 1.13 bits per heavy atom. The van der Waals surface area contributed by atoms with Gasteiger partial charge in [0.2, 0.25) is 5.78 Å². The molecule has 2 aromatic rings. The molecule has 0 saturated carbocycles. The molecule has 0 amide bonds. The minimum atomic E-state index is -1.47. The topological polar surface area (TPSA) is 79.6 Å². The molecule has 23 heavy (non-hydrogen) atoms. The zero-order valence-corrected chi connectivity index (χ0v) is 11.8. The molecule has 5 nitrogen and oxygen atoms in total. The van der Waals surface area contributed by atoms with Crippen molar-refractivity contribution >= 4 is 18.0 Å². The number of aromatic nitrogens is 1. The third-order valence-electron chi connectivity index (χ3n) is 3.57. The van der Waals surface area contributed by atoms with Crippen LogP contribution in [0.2, 0.25) is 0 Å². The maximum absolute atomic E-state index is 14.0.